The zero-order chi connectivity index (χ0) is 36.0. The number of rotatable bonds is 14. The molecule has 12 nitrogen and oxygen atoms in total. The van der Waals surface area contributed by atoms with E-state index in [1.165, 1.54) is 6.20 Å². The molecule has 14 heteroatoms. The highest BCUT2D eigenvalue weighted by molar-refractivity contribution is 7.85. The average molecular weight is 730 g/mol. The van der Waals surface area contributed by atoms with Gasteiger partial charge < -0.3 is 18.9 Å². The van der Waals surface area contributed by atoms with Gasteiger partial charge in [0.15, 0.2) is 11.5 Å². The van der Waals surface area contributed by atoms with Crippen LogP contribution in [0.15, 0.2) is 79.4 Å². The molecule has 0 unspecified atom stereocenters. The van der Waals surface area contributed by atoms with E-state index in [9.17, 15) is 18.2 Å². The van der Waals surface area contributed by atoms with Gasteiger partial charge in [-0.3, -0.25) is 19.1 Å². The summed E-state index contributed by atoms with van der Waals surface area (Å²) in [5.74, 6) is 1.81. The van der Waals surface area contributed by atoms with Crippen LogP contribution in [0.1, 0.15) is 33.4 Å². The number of aromatic nitrogens is 3. The fourth-order valence-electron chi connectivity index (χ4n) is 5.76. The van der Waals surface area contributed by atoms with E-state index in [1.807, 2.05) is 54.4 Å². The van der Waals surface area contributed by atoms with Crippen LogP contribution < -0.4 is 18.9 Å². The number of pyridine rings is 1. The van der Waals surface area contributed by atoms with Gasteiger partial charge in [0.2, 0.25) is 0 Å². The van der Waals surface area contributed by atoms with Crippen LogP contribution in [0.4, 0.5) is 0 Å². The lowest BCUT2D eigenvalue weighted by Crippen LogP contribution is -2.28. The van der Waals surface area contributed by atoms with Crippen molar-refractivity contribution in [1.82, 2.24) is 19.7 Å². The molecular formula is C37H36ClN5O7S. The van der Waals surface area contributed by atoms with Crippen molar-refractivity contribution in [3.63, 3.8) is 0 Å². The van der Waals surface area contributed by atoms with E-state index in [2.05, 4.69) is 16.2 Å². The van der Waals surface area contributed by atoms with E-state index < -0.39 is 15.9 Å². The molecule has 0 aliphatic carbocycles. The molecule has 0 bridgehead atoms. The van der Waals surface area contributed by atoms with Crippen LogP contribution in [0.5, 0.6) is 23.0 Å². The number of benzene rings is 3. The Morgan fingerprint density at radius 2 is 1.76 bits per heavy atom. The zero-order valence-electron chi connectivity index (χ0n) is 28.1. The minimum absolute atomic E-state index is 0.0379. The molecule has 3 aromatic carbocycles. The number of aryl methyl sites for hydroxylation is 1. The zero-order valence-corrected chi connectivity index (χ0v) is 29.7. The third kappa shape index (κ3) is 9.36. The molecule has 0 amide bonds. The first-order valence-electron chi connectivity index (χ1n) is 16.1. The smallest absolute Gasteiger partial charge is 0.266 e. The van der Waals surface area contributed by atoms with Gasteiger partial charge in [0.1, 0.15) is 44.0 Å². The predicted octanol–water partition coefficient (Wildman–Crippen LogP) is 6.13. The Kier molecular flexibility index (Phi) is 11.1. The number of nitriles is 1. The van der Waals surface area contributed by atoms with Crippen molar-refractivity contribution < 1.29 is 31.9 Å². The molecular weight excluding hydrogens is 694 g/mol. The molecule has 0 spiro atoms. The molecule has 0 saturated carbocycles. The van der Waals surface area contributed by atoms with Gasteiger partial charge in [0, 0.05) is 68.0 Å². The molecule has 5 aromatic rings. The first-order valence-corrected chi connectivity index (χ1v) is 18.1. The maximum atomic E-state index is 11.7. The maximum absolute atomic E-state index is 11.7. The summed E-state index contributed by atoms with van der Waals surface area (Å²) in [6.07, 6.45) is 6.62. The van der Waals surface area contributed by atoms with Crippen LogP contribution in [-0.2, 0) is 43.5 Å². The van der Waals surface area contributed by atoms with Crippen molar-refractivity contribution in [2.24, 2.45) is 7.05 Å². The molecule has 3 heterocycles. The summed E-state index contributed by atoms with van der Waals surface area (Å²) in [5, 5.41) is 13.9. The molecule has 264 valence electrons. The number of hydrogen-bond donors (Lipinski definition) is 1. The van der Waals surface area contributed by atoms with Crippen LogP contribution in [0.25, 0.3) is 11.1 Å². The highest BCUT2D eigenvalue weighted by Crippen LogP contribution is 2.38. The molecule has 0 saturated heterocycles. The Morgan fingerprint density at radius 1 is 0.961 bits per heavy atom. The minimum atomic E-state index is -4.22. The SMILES string of the molecule is Cc1c(COc2cc(OCc3cncc(C#N)c3)c(CN(CCS(=O)(=O)O)Cc3cnn(C)c3)cc2Cl)cccc1-c1ccc2c(c1)OCCO2. The lowest BCUT2D eigenvalue weighted by atomic mass is 9.96. The van der Waals surface area contributed by atoms with Gasteiger partial charge in [-0.05, 0) is 53.4 Å². The van der Waals surface area contributed by atoms with Gasteiger partial charge in [-0.15, -0.1) is 0 Å². The summed E-state index contributed by atoms with van der Waals surface area (Å²) < 4.78 is 58.7. The van der Waals surface area contributed by atoms with Crippen molar-refractivity contribution >= 4 is 21.7 Å². The topological polar surface area (TPSA) is 149 Å². The Labute approximate surface area is 301 Å². The van der Waals surface area contributed by atoms with Gasteiger partial charge in [0.25, 0.3) is 10.1 Å². The number of fused-ring (bicyclic) bond motifs is 1. The monoisotopic (exact) mass is 729 g/mol. The van der Waals surface area contributed by atoms with Gasteiger partial charge in [-0.1, -0.05) is 35.9 Å². The van der Waals surface area contributed by atoms with Crippen LogP contribution in [0, 0.1) is 18.3 Å². The van der Waals surface area contributed by atoms with Crippen LogP contribution in [0.2, 0.25) is 5.02 Å². The fraction of sp³-hybridized carbons (Fsp3) is 0.270. The van der Waals surface area contributed by atoms with Crippen molar-refractivity contribution in [3.05, 3.63) is 118 Å². The Bertz CT molecular complexity index is 2180. The van der Waals surface area contributed by atoms with Crippen molar-refractivity contribution in [1.29, 1.82) is 5.26 Å². The van der Waals surface area contributed by atoms with Gasteiger partial charge in [-0.2, -0.15) is 18.8 Å². The number of nitrogens with zero attached hydrogens (tertiary/aromatic N) is 5. The van der Waals surface area contributed by atoms with Crippen LogP contribution in [0.3, 0.4) is 0 Å². The molecule has 0 radical (unpaired) electrons. The first kappa shape index (κ1) is 35.7. The molecule has 0 atom stereocenters. The lowest BCUT2D eigenvalue weighted by Gasteiger charge is -2.24. The second-order valence-electron chi connectivity index (χ2n) is 12.1. The third-order valence-corrected chi connectivity index (χ3v) is 9.33. The summed E-state index contributed by atoms with van der Waals surface area (Å²) in [7, 11) is -2.43. The highest BCUT2D eigenvalue weighted by Gasteiger charge is 2.19. The van der Waals surface area contributed by atoms with Gasteiger partial charge >= 0.3 is 0 Å². The van der Waals surface area contributed by atoms with Gasteiger partial charge in [-0.25, -0.2) is 0 Å². The van der Waals surface area contributed by atoms with E-state index in [1.54, 1.807) is 42.3 Å². The number of halogens is 1. The summed E-state index contributed by atoms with van der Waals surface area (Å²) in [6.45, 7) is 4.01. The Morgan fingerprint density at radius 3 is 2.53 bits per heavy atom. The average Bonchev–Trinajstić information content (AvgIpc) is 3.53. The molecule has 2 aromatic heterocycles. The van der Waals surface area contributed by atoms with E-state index in [0.29, 0.717) is 58.7 Å². The molecule has 51 heavy (non-hydrogen) atoms. The van der Waals surface area contributed by atoms with Crippen molar-refractivity contribution in [2.45, 2.75) is 33.2 Å². The molecule has 1 N–H and O–H groups in total. The third-order valence-electron chi connectivity index (χ3n) is 8.34. The summed E-state index contributed by atoms with van der Waals surface area (Å²) >= 11 is 6.84. The Hall–Kier alpha value is -5.13. The normalized spacial score (nSPS) is 12.5. The van der Waals surface area contributed by atoms with E-state index in [0.717, 1.165) is 33.6 Å². The highest BCUT2D eigenvalue weighted by atomic mass is 35.5. The van der Waals surface area contributed by atoms with E-state index in [-0.39, 0.29) is 26.3 Å². The molecule has 0 fully saturated rings. The maximum Gasteiger partial charge on any atom is 0.266 e. The van der Waals surface area contributed by atoms with Crippen molar-refractivity contribution in [3.8, 4) is 40.2 Å². The number of hydrogen-bond acceptors (Lipinski definition) is 10. The summed E-state index contributed by atoms with van der Waals surface area (Å²) in [4.78, 5) is 5.99. The standard InChI is InChI=1S/C37H36ClN5O7S/c1-25-30(4-3-5-32(25)29-6-7-34-37(14-29)48-10-9-47-34)24-50-36-15-35(49-23-27-12-26(16-39)17-40-18-27)31(13-33(36)38)22-43(8-11-51(44,45)46)21-28-19-41-42(2)20-28/h3-7,12-15,17-20H,8-11,21-24H2,1-2H3,(H,44,45,46). The first-order chi connectivity index (χ1) is 24.5. The summed E-state index contributed by atoms with van der Waals surface area (Å²) in [6, 6.07) is 19.2. The van der Waals surface area contributed by atoms with Gasteiger partial charge in [0.05, 0.1) is 22.5 Å². The van der Waals surface area contributed by atoms with E-state index in [4.69, 9.17) is 30.5 Å². The summed E-state index contributed by atoms with van der Waals surface area (Å²) in [5.41, 5.74) is 6.62. The predicted molar refractivity (Wildman–Crippen MR) is 190 cm³/mol. The molecule has 1 aliphatic heterocycles. The quantitative estimate of drug-likeness (QED) is 0.132. The molecule has 6 rings (SSSR count). The molecule has 1 aliphatic rings. The fourth-order valence-corrected chi connectivity index (χ4v) is 6.49. The largest absolute Gasteiger partial charge is 0.488 e. The Balaban J connectivity index is 1.27. The second-order valence-corrected chi connectivity index (χ2v) is 14.1. The minimum Gasteiger partial charge on any atom is -0.488 e. The second kappa shape index (κ2) is 15.8. The van der Waals surface area contributed by atoms with Crippen LogP contribution >= 0.6 is 11.6 Å². The van der Waals surface area contributed by atoms with Crippen LogP contribution in [-0.4, -0.2) is 58.1 Å². The van der Waals surface area contributed by atoms with Crippen molar-refractivity contribution in [2.75, 3.05) is 25.5 Å². The lowest BCUT2D eigenvalue weighted by molar-refractivity contribution is 0.171. The van der Waals surface area contributed by atoms with E-state index >= 15 is 0 Å². The number of ether oxygens (including phenoxy) is 4.